The molecule has 0 fully saturated rings. The molecule has 1 amide bonds. The topological polar surface area (TPSA) is 96.0 Å². The number of carbonyl (C=O) groups is 1. The third kappa shape index (κ3) is 4.94. The number of nitrogens with one attached hydrogen (secondary N) is 1. The second-order valence-corrected chi connectivity index (χ2v) is 6.98. The number of nitriles is 1. The van der Waals surface area contributed by atoms with Gasteiger partial charge in [-0.05, 0) is 23.3 Å². The van der Waals surface area contributed by atoms with E-state index in [1.54, 1.807) is 35.4 Å². The molecule has 0 radical (unpaired) electrons. The number of pyridine rings is 1. The summed E-state index contributed by atoms with van der Waals surface area (Å²) < 4.78 is 1.72. The van der Waals surface area contributed by atoms with E-state index in [9.17, 15) is 4.79 Å². The van der Waals surface area contributed by atoms with Crippen LogP contribution in [0.25, 0.3) is 22.4 Å². The predicted molar refractivity (Wildman–Crippen MR) is 123 cm³/mol. The Morgan fingerprint density at radius 3 is 2.41 bits per heavy atom. The molecule has 32 heavy (non-hydrogen) atoms. The highest BCUT2D eigenvalue weighted by molar-refractivity contribution is 5.95. The maximum Gasteiger partial charge on any atom is 0.271 e. The zero-order valence-electron chi connectivity index (χ0n) is 17.2. The van der Waals surface area contributed by atoms with Gasteiger partial charge < -0.3 is 0 Å². The van der Waals surface area contributed by atoms with Crippen molar-refractivity contribution in [1.82, 2.24) is 20.2 Å². The SMILES string of the molecule is N#CCCn1cc(/C=N\NC(=O)c2ccncc2)c(-c2ccc(-c3ccccc3)cc2)n1. The molecule has 7 heteroatoms. The van der Waals surface area contributed by atoms with E-state index in [1.165, 1.54) is 0 Å². The maximum absolute atomic E-state index is 12.2. The lowest BCUT2D eigenvalue weighted by molar-refractivity contribution is 0.0955. The molecule has 4 rings (SSSR count). The lowest BCUT2D eigenvalue weighted by Gasteiger charge is -2.04. The number of hydrazone groups is 1. The highest BCUT2D eigenvalue weighted by Gasteiger charge is 2.11. The van der Waals surface area contributed by atoms with E-state index in [1.807, 2.05) is 48.7 Å². The summed E-state index contributed by atoms with van der Waals surface area (Å²) in [5, 5.41) is 17.6. The quantitative estimate of drug-likeness (QED) is 0.356. The molecule has 2 aromatic carbocycles. The van der Waals surface area contributed by atoms with Crippen molar-refractivity contribution >= 4 is 12.1 Å². The van der Waals surface area contributed by atoms with Gasteiger partial charge in [0.1, 0.15) is 5.69 Å². The van der Waals surface area contributed by atoms with Gasteiger partial charge in [0.05, 0.1) is 25.2 Å². The molecule has 0 saturated carbocycles. The van der Waals surface area contributed by atoms with Gasteiger partial charge in [-0.2, -0.15) is 15.5 Å². The van der Waals surface area contributed by atoms with Crippen molar-refractivity contribution in [1.29, 1.82) is 5.26 Å². The van der Waals surface area contributed by atoms with Crippen molar-refractivity contribution < 1.29 is 4.79 Å². The number of hydrogen-bond donors (Lipinski definition) is 1. The largest absolute Gasteiger partial charge is 0.271 e. The Balaban J connectivity index is 1.58. The molecular weight excluding hydrogens is 400 g/mol. The fourth-order valence-electron chi connectivity index (χ4n) is 3.21. The van der Waals surface area contributed by atoms with E-state index in [0.29, 0.717) is 18.5 Å². The Morgan fingerprint density at radius 1 is 1.00 bits per heavy atom. The summed E-state index contributed by atoms with van der Waals surface area (Å²) in [5.41, 5.74) is 7.63. The van der Waals surface area contributed by atoms with E-state index >= 15 is 0 Å². The summed E-state index contributed by atoms with van der Waals surface area (Å²) in [6.07, 6.45) is 6.84. The number of amides is 1. The lowest BCUT2D eigenvalue weighted by atomic mass is 10.0. The van der Waals surface area contributed by atoms with Crippen LogP contribution < -0.4 is 5.43 Å². The zero-order chi connectivity index (χ0) is 22.2. The van der Waals surface area contributed by atoms with Gasteiger partial charge in [-0.15, -0.1) is 0 Å². The Kier molecular flexibility index (Phi) is 6.44. The van der Waals surface area contributed by atoms with Crippen molar-refractivity contribution in [2.24, 2.45) is 5.10 Å². The van der Waals surface area contributed by atoms with E-state index in [2.05, 4.69) is 38.8 Å². The number of aryl methyl sites for hydroxylation is 1. The monoisotopic (exact) mass is 420 g/mol. The molecule has 0 atom stereocenters. The van der Waals surface area contributed by atoms with Crippen molar-refractivity contribution in [3.63, 3.8) is 0 Å². The van der Waals surface area contributed by atoms with Crippen LogP contribution in [0.15, 0.2) is 90.4 Å². The van der Waals surface area contributed by atoms with Gasteiger partial charge in [0.2, 0.25) is 0 Å². The summed E-state index contributed by atoms with van der Waals surface area (Å²) in [5.74, 6) is -0.325. The van der Waals surface area contributed by atoms with E-state index in [-0.39, 0.29) is 5.91 Å². The van der Waals surface area contributed by atoms with E-state index in [4.69, 9.17) is 5.26 Å². The molecule has 0 saturated heterocycles. The predicted octanol–water partition coefficient (Wildman–Crippen LogP) is 4.29. The molecule has 2 aromatic heterocycles. The number of rotatable bonds is 7. The number of carbonyl (C=O) groups excluding carboxylic acids is 1. The number of aromatic nitrogens is 3. The zero-order valence-corrected chi connectivity index (χ0v) is 17.2. The van der Waals surface area contributed by atoms with Crippen LogP contribution in [-0.2, 0) is 6.54 Å². The summed E-state index contributed by atoms with van der Waals surface area (Å²) in [6.45, 7) is 0.475. The number of hydrogen-bond acceptors (Lipinski definition) is 5. The van der Waals surface area contributed by atoms with Crippen LogP contribution in [0.2, 0.25) is 0 Å². The molecule has 0 bridgehead atoms. The lowest BCUT2D eigenvalue weighted by Crippen LogP contribution is -2.17. The first kappa shape index (κ1) is 20.7. The minimum Gasteiger partial charge on any atom is -0.270 e. The number of nitrogens with zero attached hydrogens (tertiary/aromatic N) is 5. The first-order chi connectivity index (χ1) is 15.7. The average molecular weight is 420 g/mol. The van der Waals surface area contributed by atoms with Gasteiger partial charge >= 0.3 is 0 Å². The van der Waals surface area contributed by atoms with Crippen molar-refractivity contribution in [3.05, 3.63) is 96.4 Å². The van der Waals surface area contributed by atoms with Crippen LogP contribution in [0.3, 0.4) is 0 Å². The average Bonchev–Trinajstić information content (AvgIpc) is 3.26. The smallest absolute Gasteiger partial charge is 0.270 e. The van der Waals surface area contributed by atoms with Crippen LogP contribution in [0.4, 0.5) is 0 Å². The van der Waals surface area contributed by atoms with Crippen molar-refractivity contribution in [3.8, 4) is 28.5 Å². The van der Waals surface area contributed by atoms with Crippen molar-refractivity contribution in [2.75, 3.05) is 0 Å². The van der Waals surface area contributed by atoms with E-state index < -0.39 is 0 Å². The second kappa shape index (κ2) is 9.96. The number of benzene rings is 2. The Labute approximate surface area is 185 Å². The Hall–Kier alpha value is -4.57. The molecular formula is C25H20N6O. The summed E-state index contributed by atoms with van der Waals surface area (Å²) >= 11 is 0. The summed E-state index contributed by atoms with van der Waals surface area (Å²) in [6, 6.07) is 23.6. The van der Waals surface area contributed by atoms with Crippen LogP contribution >= 0.6 is 0 Å². The van der Waals surface area contributed by atoms with Crippen LogP contribution in [0.5, 0.6) is 0 Å². The van der Waals surface area contributed by atoms with Crippen LogP contribution in [0, 0.1) is 11.3 Å². The minimum atomic E-state index is -0.325. The van der Waals surface area contributed by atoms with Gasteiger partial charge in [-0.1, -0.05) is 54.6 Å². The molecule has 0 aliphatic carbocycles. The first-order valence-electron chi connectivity index (χ1n) is 10.1. The summed E-state index contributed by atoms with van der Waals surface area (Å²) in [4.78, 5) is 16.1. The first-order valence-corrected chi connectivity index (χ1v) is 10.1. The third-order valence-electron chi connectivity index (χ3n) is 4.82. The molecule has 1 N–H and O–H groups in total. The molecule has 0 spiro atoms. The Bertz CT molecular complexity index is 1260. The fraction of sp³-hybridized carbons (Fsp3) is 0.0800. The second-order valence-electron chi connectivity index (χ2n) is 6.98. The van der Waals surface area contributed by atoms with Gasteiger partial charge in [-0.25, -0.2) is 5.43 Å². The molecule has 4 aromatic rings. The highest BCUT2D eigenvalue weighted by atomic mass is 16.2. The highest BCUT2D eigenvalue weighted by Crippen LogP contribution is 2.25. The van der Waals surface area contributed by atoms with Gasteiger partial charge in [0.25, 0.3) is 5.91 Å². The van der Waals surface area contributed by atoms with Gasteiger partial charge in [0, 0.05) is 35.3 Å². The maximum atomic E-state index is 12.2. The Morgan fingerprint density at radius 2 is 1.69 bits per heavy atom. The van der Waals surface area contributed by atoms with Crippen LogP contribution in [0.1, 0.15) is 22.3 Å². The van der Waals surface area contributed by atoms with Crippen LogP contribution in [-0.4, -0.2) is 26.9 Å². The van der Waals surface area contributed by atoms with E-state index in [0.717, 1.165) is 27.9 Å². The molecule has 2 heterocycles. The molecule has 0 aliphatic rings. The molecule has 0 unspecified atom stereocenters. The molecule has 0 aliphatic heterocycles. The third-order valence-corrected chi connectivity index (χ3v) is 4.82. The fourth-order valence-corrected chi connectivity index (χ4v) is 3.21. The standard InChI is InChI=1S/C25H20N6O/c26-13-4-16-31-18-23(17-28-29-25(32)22-11-14-27-15-12-22)24(30-31)21-9-7-20(8-10-21)19-5-2-1-3-6-19/h1-3,5-12,14-15,17-18H,4,16H2,(H,29,32)/b28-17-. The molecule has 7 nitrogen and oxygen atoms in total. The molecule has 156 valence electrons. The van der Waals surface area contributed by atoms with Gasteiger partial charge in [-0.3, -0.25) is 14.5 Å². The summed E-state index contributed by atoms with van der Waals surface area (Å²) in [7, 11) is 0. The van der Waals surface area contributed by atoms with Gasteiger partial charge in [0.15, 0.2) is 0 Å². The normalized spacial score (nSPS) is 10.7. The van der Waals surface area contributed by atoms with Crippen molar-refractivity contribution in [2.45, 2.75) is 13.0 Å². The minimum absolute atomic E-state index is 0.325.